The van der Waals surface area contributed by atoms with Crippen LogP contribution in [0.25, 0.3) is 11.1 Å². The first-order valence-corrected chi connectivity index (χ1v) is 8.12. The number of rotatable bonds is 4. The van der Waals surface area contributed by atoms with Crippen molar-refractivity contribution in [3.63, 3.8) is 0 Å². The van der Waals surface area contributed by atoms with Gasteiger partial charge >= 0.3 is 0 Å². The molecular weight excluding hydrogens is 288 g/mol. The Morgan fingerprint density at radius 2 is 1.57 bits per heavy atom. The Kier molecular flexibility index (Phi) is 3.85. The van der Waals surface area contributed by atoms with Gasteiger partial charge in [-0.25, -0.2) is 0 Å². The highest BCUT2D eigenvalue weighted by Crippen LogP contribution is 2.47. The number of benzene rings is 2. The minimum absolute atomic E-state index is 0.0747. The number of piperazine rings is 1. The van der Waals surface area contributed by atoms with Gasteiger partial charge in [-0.1, -0.05) is 48.5 Å². The molecule has 1 unspecified atom stereocenters. The van der Waals surface area contributed by atoms with E-state index in [0.29, 0.717) is 6.47 Å². The van der Waals surface area contributed by atoms with Crippen LogP contribution in [-0.4, -0.2) is 43.8 Å². The predicted molar refractivity (Wildman–Crippen MR) is 89.1 cm³/mol. The topological polar surface area (TPSA) is 41.6 Å². The second kappa shape index (κ2) is 6.14. The number of hydrogen-bond donors (Lipinski definition) is 1. The molecule has 0 bridgehead atoms. The van der Waals surface area contributed by atoms with Crippen LogP contribution in [0.2, 0.25) is 0 Å². The van der Waals surface area contributed by atoms with Crippen molar-refractivity contribution >= 4 is 6.47 Å². The van der Waals surface area contributed by atoms with Crippen molar-refractivity contribution in [3.05, 3.63) is 59.7 Å². The maximum Gasteiger partial charge on any atom is 0.294 e. The van der Waals surface area contributed by atoms with Crippen molar-refractivity contribution in [1.29, 1.82) is 0 Å². The molecule has 23 heavy (non-hydrogen) atoms. The lowest BCUT2D eigenvalue weighted by Gasteiger charge is -2.37. The van der Waals surface area contributed by atoms with Crippen LogP contribution in [0.1, 0.15) is 17.0 Å². The van der Waals surface area contributed by atoms with E-state index in [0.717, 1.165) is 26.2 Å². The van der Waals surface area contributed by atoms with Crippen molar-refractivity contribution in [2.45, 2.75) is 12.1 Å². The lowest BCUT2D eigenvalue weighted by Crippen LogP contribution is -2.51. The zero-order chi connectivity index (χ0) is 15.6. The van der Waals surface area contributed by atoms with Crippen LogP contribution in [-0.2, 0) is 9.53 Å². The average Bonchev–Trinajstić information content (AvgIpc) is 2.95. The predicted octanol–water partition coefficient (Wildman–Crippen LogP) is 2.20. The first-order valence-electron chi connectivity index (χ1n) is 8.12. The molecule has 4 rings (SSSR count). The van der Waals surface area contributed by atoms with Gasteiger partial charge in [0.05, 0.1) is 5.92 Å². The molecular formula is C19H20N2O2. The van der Waals surface area contributed by atoms with E-state index in [1.807, 2.05) is 0 Å². The number of hydrogen-bond acceptors (Lipinski definition) is 4. The third kappa shape index (κ3) is 2.44. The molecule has 0 radical (unpaired) electrons. The largest absolute Gasteiger partial charge is 0.448 e. The van der Waals surface area contributed by atoms with Gasteiger partial charge in [-0.2, -0.15) is 0 Å². The normalized spacial score (nSPS) is 19.0. The zero-order valence-electron chi connectivity index (χ0n) is 12.9. The second-order valence-electron chi connectivity index (χ2n) is 6.06. The van der Waals surface area contributed by atoms with Crippen molar-refractivity contribution in [3.8, 4) is 11.1 Å². The molecule has 2 aromatic rings. The molecule has 1 saturated heterocycles. The fourth-order valence-corrected chi connectivity index (χ4v) is 3.87. The van der Waals surface area contributed by atoms with E-state index in [1.54, 1.807) is 0 Å². The monoisotopic (exact) mass is 308 g/mol. The third-order valence-electron chi connectivity index (χ3n) is 4.87. The van der Waals surface area contributed by atoms with Crippen LogP contribution in [0.3, 0.4) is 0 Å². The zero-order valence-corrected chi connectivity index (χ0v) is 12.9. The average molecular weight is 308 g/mol. The van der Waals surface area contributed by atoms with Gasteiger partial charge in [-0.15, -0.1) is 0 Å². The number of carbonyl (C=O) groups is 1. The summed E-state index contributed by atoms with van der Waals surface area (Å²) in [7, 11) is 0. The molecule has 0 aromatic heterocycles. The van der Waals surface area contributed by atoms with Crippen LogP contribution in [0.15, 0.2) is 48.5 Å². The van der Waals surface area contributed by atoms with Gasteiger partial charge in [0.25, 0.3) is 6.47 Å². The maximum atomic E-state index is 11.2. The molecule has 1 heterocycles. The summed E-state index contributed by atoms with van der Waals surface area (Å²) in [4.78, 5) is 13.4. The standard InChI is InChI=1S/C19H20N2O2/c22-13-23-19(21-11-9-20-10-12-21)18-16-7-3-1-5-14(16)15-6-2-4-8-17(15)18/h1-8,13,18-20H,9-12H2. The van der Waals surface area contributed by atoms with Gasteiger partial charge < -0.3 is 10.1 Å². The molecule has 118 valence electrons. The van der Waals surface area contributed by atoms with Crippen molar-refractivity contribution in [2.24, 2.45) is 0 Å². The molecule has 0 saturated carbocycles. The Bertz CT molecular complexity index is 665. The summed E-state index contributed by atoms with van der Waals surface area (Å²) in [5, 5.41) is 3.36. The summed E-state index contributed by atoms with van der Waals surface area (Å²) in [5.41, 5.74) is 5.00. The Morgan fingerprint density at radius 3 is 2.13 bits per heavy atom. The number of nitrogens with one attached hydrogen (secondary N) is 1. The number of nitrogens with zero attached hydrogens (tertiary/aromatic N) is 1. The summed E-state index contributed by atoms with van der Waals surface area (Å²) in [6, 6.07) is 16.9. The van der Waals surface area contributed by atoms with Gasteiger partial charge in [0, 0.05) is 26.2 Å². The van der Waals surface area contributed by atoms with Crippen molar-refractivity contribution in [2.75, 3.05) is 26.2 Å². The lowest BCUT2D eigenvalue weighted by molar-refractivity contribution is -0.145. The molecule has 0 amide bonds. The highest BCUT2D eigenvalue weighted by Gasteiger charge is 2.38. The van der Waals surface area contributed by atoms with Gasteiger partial charge in [0.15, 0.2) is 6.23 Å². The van der Waals surface area contributed by atoms with Crippen LogP contribution in [0, 0.1) is 0 Å². The van der Waals surface area contributed by atoms with Crippen LogP contribution in [0.5, 0.6) is 0 Å². The smallest absolute Gasteiger partial charge is 0.294 e. The summed E-state index contributed by atoms with van der Waals surface area (Å²) < 4.78 is 5.60. The van der Waals surface area contributed by atoms with Gasteiger partial charge in [0.2, 0.25) is 0 Å². The lowest BCUT2D eigenvalue weighted by atomic mass is 9.94. The van der Waals surface area contributed by atoms with Gasteiger partial charge in [-0.05, 0) is 22.3 Å². The molecule has 1 N–H and O–H groups in total. The molecule has 1 fully saturated rings. The van der Waals surface area contributed by atoms with E-state index in [-0.39, 0.29) is 12.1 Å². The van der Waals surface area contributed by atoms with Gasteiger partial charge in [-0.3, -0.25) is 9.69 Å². The summed E-state index contributed by atoms with van der Waals surface area (Å²) in [5.74, 6) is 0.0747. The molecule has 4 heteroatoms. The number of ether oxygens (including phenoxy) is 1. The fourth-order valence-electron chi connectivity index (χ4n) is 3.87. The first kappa shape index (κ1) is 14.4. The number of fused-ring (bicyclic) bond motifs is 3. The fraction of sp³-hybridized carbons (Fsp3) is 0.316. The highest BCUT2D eigenvalue weighted by molar-refractivity contribution is 5.79. The molecule has 1 atom stereocenters. The van der Waals surface area contributed by atoms with E-state index in [2.05, 4.69) is 58.7 Å². The van der Waals surface area contributed by atoms with E-state index in [1.165, 1.54) is 22.3 Å². The van der Waals surface area contributed by atoms with Crippen molar-refractivity contribution in [1.82, 2.24) is 10.2 Å². The Morgan fingerprint density at radius 1 is 1.00 bits per heavy atom. The maximum absolute atomic E-state index is 11.2. The summed E-state index contributed by atoms with van der Waals surface area (Å²) >= 11 is 0. The Labute approximate surface area is 136 Å². The second-order valence-corrected chi connectivity index (χ2v) is 6.06. The summed E-state index contributed by atoms with van der Waals surface area (Å²) in [6.45, 7) is 4.22. The van der Waals surface area contributed by atoms with E-state index < -0.39 is 0 Å². The van der Waals surface area contributed by atoms with Crippen LogP contribution in [0.4, 0.5) is 0 Å². The Balaban J connectivity index is 1.80. The molecule has 4 nitrogen and oxygen atoms in total. The minimum atomic E-state index is -0.251. The molecule has 0 spiro atoms. The van der Waals surface area contributed by atoms with Gasteiger partial charge in [0.1, 0.15) is 0 Å². The van der Waals surface area contributed by atoms with E-state index in [4.69, 9.17) is 4.74 Å². The summed E-state index contributed by atoms with van der Waals surface area (Å²) in [6.07, 6.45) is -0.251. The SMILES string of the molecule is O=COC(C1c2ccccc2-c2ccccc21)N1CCNCC1. The third-order valence-corrected chi connectivity index (χ3v) is 4.87. The number of carbonyl (C=O) groups excluding carboxylic acids is 1. The molecule has 1 aliphatic carbocycles. The van der Waals surface area contributed by atoms with Crippen LogP contribution < -0.4 is 5.32 Å². The quantitative estimate of drug-likeness (QED) is 0.879. The van der Waals surface area contributed by atoms with Crippen molar-refractivity contribution < 1.29 is 9.53 Å². The molecule has 1 aliphatic heterocycles. The first-order chi connectivity index (χ1) is 11.4. The molecule has 2 aliphatic rings. The highest BCUT2D eigenvalue weighted by atomic mass is 16.5. The van der Waals surface area contributed by atoms with Crippen LogP contribution >= 0.6 is 0 Å². The minimum Gasteiger partial charge on any atom is -0.448 e. The Hall–Kier alpha value is -2.17. The van der Waals surface area contributed by atoms with E-state index in [9.17, 15) is 4.79 Å². The van der Waals surface area contributed by atoms with E-state index >= 15 is 0 Å². The molecule has 2 aromatic carbocycles.